The van der Waals surface area contributed by atoms with Crippen LogP contribution in [-0.4, -0.2) is 13.2 Å². The minimum absolute atomic E-state index is 0.0355. The Labute approximate surface area is 129 Å². The van der Waals surface area contributed by atoms with E-state index in [1.54, 1.807) is 0 Å². The second-order valence-corrected chi connectivity index (χ2v) is 5.74. The van der Waals surface area contributed by atoms with E-state index < -0.39 is 0 Å². The van der Waals surface area contributed by atoms with Crippen molar-refractivity contribution in [3.63, 3.8) is 0 Å². The van der Waals surface area contributed by atoms with E-state index in [0.29, 0.717) is 24.0 Å². The molecule has 110 valence electrons. The average Bonchev–Trinajstić information content (AvgIpc) is 2.89. The normalized spacial score (nSPS) is 18.0. The highest BCUT2D eigenvalue weighted by atomic mass is 35.5. The molecule has 0 amide bonds. The van der Waals surface area contributed by atoms with Crippen molar-refractivity contribution in [3.8, 4) is 11.5 Å². The zero-order valence-electron chi connectivity index (χ0n) is 11.9. The van der Waals surface area contributed by atoms with Crippen LogP contribution in [0.3, 0.4) is 0 Å². The number of ether oxygens (including phenoxy) is 2. The van der Waals surface area contributed by atoms with Gasteiger partial charge in [0.25, 0.3) is 0 Å². The van der Waals surface area contributed by atoms with E-state index in [1.165, 1.54) is 5.56 Å². The van der Waals surface area contributed by atoms with Crippen LogP contribution >= 0.6 is 11.6 Å². The van der Waals surface area contributed by atoms with Crippen LogP contribution in [0.25, 0.3) is 0 Å². The van der Waals surface area contributed by atoms with Crippen LogP contribution in [0.4, 0.5) is 0 Å². The van der Waals surface area contributed by atoms with Gasteiger partial charge in [0, 0.05) is 11.6 Å². The molecule has 2 aromatic rings. The zero-order chi connectivity index (χ0) is 14.8. The minimum atomic E-state index is -0.0355. The van der Waals surface area contributed by atoms with Gasteiger partial charge < -0.3 is 15.2 Å². The molecule has 0 radical (unpaired) electrons. The van der Waals surface area contributed by atoms with E-state index in [1.807, 2.05) is 43.3 Å². The maximum atomic E-state index is 6.25. The molecule has 1 heterocycles. The number of para-hydroxylation sites is 1. The first kappa shape index (κ1) is 14.2. The van der Waals surface area contributed by atoms with Gasteiger partial charge in [-0.25, -0.2) is 0 Å². The molecule has 0 saturated carbocycles. The van der Waals surface area contributed by atoms with Crippen molar-refractivity contribution < 1.29 is 9.47 Å². The lowest BCUT2D eigenvalue weighted by atomic mass is 10.0. The minimum Gasteiger partial charge on any atom is -0.493 e. The summed E-state index contributed by atoms with van der Waals surface area (Å²) in [4.78, 5) is 0. The van der Waals surface area contributed by atoms with E-state index in [4.69, 9.17) is 26.8 Å². The number of hydrogen-bond acceptors (Lipinski definition) is 3. The highest BCUT2D eigenvalue weighted by Crippen LogP contribution is 2.35. The lowest BCUT2D eigenvalue weighted by Gasteiger charge is -2.14. The highest BCUT2D eigenvalue weighted by Gasteiger charge is 2.24. The Hall–Kier alpha value is -1.71. The lowest BCUT2D eigenvalue weighted by molar-refractivity contribution is 0.248. The Morgan fingerprint density at radius 2 is 2.14 bits per heavy atom. The fourth-order valence-electron chi connectivity index (χ4n) is 2.48. The van der Waals surface area contributed by atoms with Crippen molar-refractivity contribution in [3.05, 3.63) is 58.6 Å². The monoisotopic (exact) mass is 303 g/mol. The van der Waals surface area contributed by atoms with Crippen molar-refractivity contribution in [1.82, 2.24) is 0 Å². The smallest absolute Gasteiger partial charge is 0.137 e. The number of fused-ring (bicyclic) bond motifs is 1. The lowest BCUT2D eigenvalue weighted by Crippen LogP contribution is -2.12. The molecule has 4 heteroatoms. The maximum Gasteiger partial charge on any atom is 0.137 e. The molecule has 3 nitrogen and oxygen atoms in total. The van der Waals surface area contributed by atoms with Crippen LogP contribution in [0.1, 0.15) is 30.0 Å². The van der Waals surface area contributed by atoms with Crippen LogP contribution in [0, 0.1) is 0 Å². The van der Waals surface area contributed by atoms with Gasteiger partial charge in [-0.2, -0.15) is 0 Å². The molecular weight excluding hydrogens is 286 g/mol. The van der Waals surface area contributed by atoms with Crippen LogP contribution in [-0.2, 0) is 0 Å². The molecule has 0 aliphatic carbocycles. The summed E-state index contributed by atoms with van der Waals surface area (Å²) in [5, 5.41) is 0.594. The molecule has 0 aromatic heterocycles. The topological polar surface area (TPSA) is 44.5 Å². The number of rotatable bonds is 4. The Morgan fingerprint density at radius 1 is 1.33 bits per heavy atom. The summed E-state index contributed by atoms with van der Waals surface area (Å²) in [7, 11) is 0. The molecule has 3 rings (SSSR count). The summed E-state index contributed by atoms with van der Waals surface area (Å²) in [6, 6.07) is 13.7. The van der Waals surface area contributed by atoms with Gasteiger partial charge in [-0.15, -0.1) is 0 Å². The van der Waals surface area contributed by atoms with Gasteiger partial charge in [0.15, 0.2) is 0 Å². The molecule has 2 N–H and O–H groups in total. The second kappa shape index (κ2) is 5.96. The molecule has 2 unspecified atom stereocenters. The summed E-state index contributed by atoms with van der Waals surface area (Å²) in [6.45, 7) is 3.13. The Balaban J connectivity index is 1.69. The van der Waals surface area contributed by atoms with Gasteiger partial charge in [0.1, 0.15) is 11.5 Å². The predicted octanol–water partition coefficient (Wildman–Crippen LogP) is 3.91. The van der Waals surface area contributed by atoms with Crippen LogP contribution in [0.5, 0.6) is 11.5 Å². The largest absolute Gasteiger partial charge is 0.493 e. The molecule has 2 aromatic carbocycles. The van der Waals surface area contributed by atoms with E-state index >= 15 is 0 Å². The molecule has 1 aliphatic heterocycles. The first-order valence-corrected chi connectivity index (χ1v) is 7.42. The molecule has 0 saturated heterocycles. The first-order valence-electron chi connectivity index (χ1n) is 7.04. The van der Waals surface area contributed by atoms with Gasteiger partial charge in [0.05, 0.1) is 24.2 Å². The fraction of sp³-hybridized carbons (Fsp3) is 0.294. The summed E-state index contributed by atoms with van der Waals surface area (Å²) in [5.74, 6) is 1.88. The molecule has 21 heavy (non-hydrogen) atoms. The quantitative estimate of drug-likeness (QED) is 0.931. The van der Waals surface area contributed by atoms with Gasteiger partial charge >= 0.3 is 0 Å². The summed E-state index contributed by atoms with van der Waals surface area (Å²) < 4.78 is 11.5. The van der Waals surface area contributed by atoms with Crippen LogP contribution in [0.2, 0.25) is 5.02 Å². The first-order chi connectivity index (χ1) is 10.1. The van der Waals surface area contributed by atoms with Crippen LogP contribution < -0.4 is 15.2 Å². The van der Waals surface area contributed by atoms with E-state index in [-0.39, 0.29) is 12.0 Å². The third-order valence-corrected chi connectivity index (χ3v) is 4.02. The molecule has 0 spiro atoms. The predicted molar refractivity (Wildman–Crippen MR) is 84.2 cm³/mol. The van der Waals surface area contributed by atoms with Crippen molar-refractivity contribution >= 4 is 11.6 Å². The number of benzene rings is 2. The summed E-state index contributed by atoms with van der Waals surface area (Å²) in [6.07, 6.45) is 0. The summed E-state index contributed by atoms with van der Waals surface area (Å²) >= 11 is 6.25. The van der Waals surface area contributed by atoms with Crippen LogP contribution in [0.15, 0.2) is 42.5 Å². The second-order valence-electron chi connectivity index (χ2n) is 5.34. The number of hydrogen-bond donors (Lipinski definition) is 1. The molecule has 0 fully saturated rings. The Morgan fingerprint density at radius 3 is 2.90 bits per heavy atom. The molecule has 2 atom stereocenters. The SMILES string of the molecule is CC(N)c1ccc(OCC2COc3ccccc32)c(Cl)c1. The Bertz CT molecular complexity index is 642. The number of nitrogens with two attached hydrogens (primary N) is 1. The third-order valence-electron chi connectivity index (χ3n) is 3.72. The van der Waals surface area contributed by atoms with Gasteiger partial charge in [0.2, 0.25) is 0 Å². The standard InChI is InChI=1S/C17H18ClNO2/c1-11(19)12-6-7-17(15(18)8-12)21-10-13-9-20-16-5-3-2-4-14(13)16/h2-8,11,13H,9-10,19H2,1H3. The summed E-state index contributed by atoms with van der Waals surface area (Å²) in [5.41, 5.74) is 8.04. The zero-order valence-corrected chi connectivity index (χ0v) is 12.6. The molecule has 0 bridgehead atoms. The van der Waals surface area contributed by atoms with E-state index in [9.17, 15) is 0 Å². The highest BCUT2D eigenvalue weighted by molar-refractivity contribution is 6.32. The fourth-order valence-corrected chi connectivity index (χ4v) is 2.72. The maximum absolute atomic E-state index is 6.25. The van der Waals surface area contributed by atoms with Crippen molar-refractivity contribution in [2.45, 2.75) is 18.9 Å². The van der Waals surface area contributed by atoms with Gasteiger partial charge in [-0.3, -0.25) is 0 Å². The van der Waals surface area contributed by atoms with Crippen molar-refractivity contribution in [2.75, 3.05) is 13.2 Å². The average molecular weight is 304 g/mol. The molecular formula is C17H18ClNO2. The third kappa shape index (κ3) is 2.99. The van der Waals surface area contributed by atoms with Crippen molar-refractivity contribution in [1.29, 1.82) is 0 Å². The Kier molecular flexibility index (Phi) is 4.04. The number of halogens is 1. The van der Waals surface area contributed by atoms with E-state index in [2.05, 4.69) is 6.07 Å². The van der Waals surface area contributed by atoms with Gasteiger partial charge in [-0.05, 0) is 30.7 Å². The molecule has 1 aliphatic rings. The van der Waals surface area contributed by atoms with Gasteiger partial charge in [-0.1, -0.05) is 35.9 Å². The van der Waals surface area contributed by atoms with E-state index in [0.717, 1.165) is 11.3 Å². The van der Waals surface area contributed by atoms with Crippen molar-refractivity contribution in [2.24, 2.45) is 5.73 Å².